The van der Waals surface area contributed by atoms with Crippen LogP contribution in [0.3, 0.4) is 0 Å². The maximum absolute atomic E-state index is 10.4. The third-order valence-electron chi connectivity index (χ3n) is 1.64. The second-order valence-electron chi connectivity index (χ2n) is 2.47. The van der Waals surface area contributed by atoms with E-state index in [1.165, 1.54) is 0 Å². The molecule has 1 aromatic carbocycles. The zero-order valence-corrected chi connectivity index (χ0v) is 6.37. The highest BCUT2D eigenvalue weighted by molar-refractivity contribution is 5.77. The van der Waals surface area contributed by atoms with Gasteiger partial charge in [-0.25, -0.2) is 0 Å². The van der Waals surface area contributed by atoms with Crippen LogP contribution in [-0.4, -0.2) is 11.4 Å². The molecule has 0 heterocycles. The first kappa shape index (κ1) is 7.95. The maximum Gasteiger partial charge on any atom is 0.150 e. The predicted molar refractivity (Wildman–Crippen MR) is 42.5 cm³/mol. The molecule has 1 rings (SSSR count). The number of carbonyl (C=O) groups is 1. The number of aliphatic hydroxyl groups is 1. The summed E-state index contributed by atoms with van der Waals surface area (Å²) in [7, 11) is 0. The lowest BCUT2D eigenvalue weighted by Crippen LogP contribution is -1.89. The van der Waals surface area contributed by atoms with Gasteiger partial charge >= 0.3 is 0 Å². The van der Waals surface area contributed by atoms with E-state index in [-0.39, 0.29) is 6.61 Å². The molecule has 11 heavy (non-hydrogen) atoms. The molecule has 0 saturated carbocycles. The van der Waals surface area contributed by atoms with Crippen LogP contribution in [-0.2, 0) is 6.61 Å². The summed E-state index contributed by atoms with van der Waals surface area (Å²) < 4.78 is 0. The molecule has 58 valence electrons. The standard InChI is InChI=1S/C9H10O2/c1-7-4-8(5-10)2-3-9(7)6-11/h2-4,6,10H,5H2,1H3. The van der Waals surface area contributed by atoms with Gasteiger partial charge in [-0.05, 0) is 18.1 Å². The van der Waals surface area contributed by atoms with Crippen LogP contribution in [0.2, 0.25) is 0 Å². The van der Waals surface area contributed by atoms with E-state index in [0.717, 1.165) is 17.4 Å². The Morgan fingerprint density at radius 1 is 1.55 bits per heavy atom. The minimum Gasteiger partial charge on any atom is -0.392 e. The zero-order chi connectivity index (χ0) is 8.27. The van der Waals surface area contributed by atoms with Crippen LogP contribution >= 0.6 is 0 Å². The van der Waals surface area contributed by atoms with Crippen molar-refractivity contribution in [3.63, 3.8) is 0 Å². The van der Waals surface area contributed by atoms with Gasteiger partial charge in [0, 0.05) is 5.56 Å². The molecule has 0 fully saturated rings. The molecule has 0 saturated heterocycles. The Labute approximate surface area is 65.5 Å². The summed E-state index contributed by atoms with van der Waals surface area (Å²) in [6, 6.07) is 5.27. The van der Waals surface area contributed by atoms with Crippen LogP contribution in [0, 0.1) is 6.92 Å². The number of aliphatic hydroxyl groups excluding tert-OH is 1. The minimum absolute atomic E-state index is 0.0278. The molecule has 1 aromatic rings. The van der Waals surface area contributed by atoms with Crippen molar-refractivity contribution in [2.45, 2.75) is 13.5 Å². The second-order valence-corrected chi connectivity index (χ2v) is 2.47. The fourth-order valence-electron chi connectivity index (χ4n) is 0.968. The molecule has 0 spiro atoms. The first-order valence-corrected chi connectivity index (χ1v) is 3.43. The van der Waals surface area contributed by atoms with Crippen LogP contribution in [0.4, 0.5) is 0 Å². The van der Waals surface area contributed by atoms with Crippen LogP contribution in [0.1, 0.15) is 21.5 Å². The van der Waals surface area contributed by atoms with Gasteiger partial charge in [0.05, 0.1) is 6.61 Å². The average Bonchev–Trinajstić information content (AvgIpc) is 2.04. The van der Waals surface area contributed by atoms with Gasteiger partial charge in [0.1, 0.15) is 6.29 Å². The molecule has 0 unspecified atom stereocenters. The quantitative estimate of drug-likeness (QED) is 0.645. The summed E-state index contributed by atoms with van der Waals surface area (Å²) in [5.74, 6) is 0. The Morgan fingerprint density at radius 3 is 2.73 bits per heavy atom. The van der Waals surface area contributed by atoms with E-state index in [1.807, 2.05) is 13.0 Å². The smallest absolute Gasteiger partial charge is 0.150 e. The number of rotatable bonds is 2. The molecule has 0 atom stereocenters. The average molecular weight is 150 g/mol. The SMILES string of the molecule is Cc1cc(CO)ccc1C=O. The molecule has 0 aliphatic heterocycles. The third-order valence-corrected chi connectivity index (χ3v) is 1.64. The Morgan fingerprint density at radius 2 is 2.27 bits per heavy atom. The van der Waals surface area contributed by atoms with E-state index < -0.39 is 0 Å². The summed E-state index contributed by atoms with van der Waals surface area (Å²) >= 11 is 0. The number of aldehydes is 1. The van der Waals surface area contributed by atoms with Crippen molar-refractivity contribution in [3.05, 3.63) is 34.9 Å². The van der Waals surface area contributed by atoms with E-state index in [2.05, 4.69) is 0 Å². The largest absolute Gasteiger partial charge is 0.392 e. The summed E-state index contributed by atoms with van der Waals surface area (Å²) in [6.45, 7) is 1.88. The van der Waals surface area contributed by atoms with Crippen molar-refractivity contribution < 1.29 is 9.90 Å². The summed E-state index contributed by atoms with van der Waals surface area (Å²) in [4.78, 5) is 10.4. The summed E-state index contributed by atoms with van der Waals surface area (Å²) in [5.41, 5.74) is 2.43. The van der Waals surface area contributed by atoms with Crippen LogP contribution in [0.5, 0.6) is 0 Å². The van der Waals surface area contributed by atoms with E-state index in [0.29, 0.717) is 5.56 Å². The maximum atomic E-state index is 10.4. The van der Waals surface area contributed by atoms with Gasteiger partial charge in [-0.2, -0.15) is 0 Å². The molecule has 1 N–H and O–H groups in total. The monoisotopic (exact) mass is 150 g/mol. The minimum atomic E-state index is 0.0278. The van der Waals surface area contributed by atoms with Crippen molar-refractivity contribution in [3.8, 4) is 0 Å². The van der Waals surface area contributed by atoms with Crippen molar-refractivity contribution in [2.24, 2.45) is 0 Å². The van der Waals surface area contributed by atoms with E-state index >= 15 is 0 Å². The Balaban J connectivity index is 3.09. The molecule has 2 heteroatoms. The third kappa shape index (κ3) is 1.65. The van der Waals surface area contributed by atoms with Gasteiger partial charge in [0.2, 0.25) is 0 Å². The van der Waals surface area contributed by atoms with Crippen LogP contribution in [0.15, 0.2) is 18.2 Å². The lowest BCUT2D eigenvalue weighted by atomic mass is 10.1. The number of benzene rings is 1. The molecule has 2 nitrogen and oxygen atoms in total. The van der Waals surface area contributed by atoms with Crippen molar-refractivity contribution in [1.29, 1.82) is 0 Å². The highest BCUT2D eigenvalue weighted by atomic mass is 16.3. The zero-order valence-electron chi connectivity index (χ0n) is 6.37. The number of hydrogen-bond acceptors (Lipinski definition) is 2. The van der Waals surface area contributed by atoms with Gasteiger partial charge in [0.25, 0.3) is 0 Å². The molecule has 0 radical (unpaired) electrons. The molecule has 0 aliphatic rings. The fourth-order valence-corrected chi connectivity index (χ4v) is 0.968. The van der Waals surface area contributed by atoms with Gasteiger partial charge in [0.15, 0.2) is 0 Å². The Hall–Kier alpha value is -1.15. The van der Waals surface area contributed by atoms with Gasteiger partial charge in [-0.15, -0.1) is 0 Å². The lowest BCUT2D eigenvalue weighted by Gasteiger charge is -1.99. The van der Waals surface area contributed by atoms with Gasteiger partial charge in [-0.1, -0.05) is 18.2 Å². The van der Waals surface area contributed by atoms with Crippen molar-refractivity contribution in [2.75, 3.05) is 0 Å². The predicted octanol–water partition coefficient (Wildman–Crippen LogP) is 1.30. The van der Waals surface area contributed by atoms with E-state index in [9.17, 15) is 4.79 Å². The van der Waals surface area contributed by atoms with Gasteiger partial charge < -0.3 is 5.11 Å². The topological polar surface area (TPSA) is 37.3 Å². The van der Waals surface area contributed by atoms with E-state index in [1.54, 1.807) is 12.1 Å². The fraction of sp³-hybridized carbons (Fsp3) is 0.222. The Kier molecular flexibility index (Phi) is 2.39. The summed E-state index contributed by atoms with van der Waals surface area (Å²) in [6.07, 6.45) is 0.816. The Bertz CT molecular complexity index is 266. The first-order valence-electron chi connectivity index (χ1n) is 3.43. The molecular formula is C9H10O2. The second kappa shape index (κ2) is 3.30. The normalized spacial score (nSPS) is 9.64. The van der Waals surface area contributed by atoms with E-state index in [4.69, 9.17) is 5.11 Å². The molecule has 0 amide bonds. The highest BCUT2D eigenvalue weighted by Crippen LogP contribution is 2.08. The molecule has 0 aromatic heterocycles. The first-order chi connectivity index (χ1) is 5.27. The van der Waals surface area contributed by atoms with Crippen LogP contribution in [0.25, 0.3) is 0 Å². The molecular weight excluding hydrogens is 140 g/mol. The lowest BCUT2D eigenvalue weighted by molar-refractivity contribution is 0.112. The summed E-state index contributed by atoms with van der Waals surface area (Å²) in [5, 5.41) is 8.74. The van der Waals surface area contributed by atoms with Gasteiger partial charge in [-0.3, -0.25) is 4.79 Å². The highest BCUT2D eigenvalue weighted by Gasteiger charge is 1.96. The van der Waals surface area contributed by atoms with Crippen LogP contribution < -0.4 is 0 Å². The molecule has 0 aliphatic carbocycles. The molecule has 0 bridgehead atoms. The number of carbonyl (C=O) groups excluding carboxylic acids is 1. The number of aryl methyl sites for hydroxylation is 1. The number of hydrogen-bond donors (Lipinski definition) is 1. The van der Waals surface area contributed by atoms with Crippen molar-refractivity contribution >= 4 is 6.29 Å². The van der Waals surface area contributed by atoms with Crippen molar-refractivity contribution in [1.82, 2.24) is 0 Å².